The van der Waals surface area contributed by atoms with E-state index in [1.54, 1.807) is 4.57 Å². The predicted molar refractivity (Wildman–Crippen MR) is 85.6 cm³/mol. The normalized spacial score (nSPS) is 12.4. The lowest BCUT2D eigenvalue weighted by molar-refractivity contribution is 0.476. The molecular weight excluding hydrogens is 262 g/mol. The van der Waals surface area contributed by atoms with Gasteiger partial charge < -0.3 is 5.32 Å². The smallest absolute Gasteiger partial charge is 0.312 e. The number of benzene rings is 1. The Labute approximate surface area is 125 Å². The van der Waals surface area contributed by atoms with Gasteiger partial charge in [0.15, 0.2) is 0 Å². The van der Waals surface area contributed by atoms with Crippen LogP contribution in [0.1, 0.15) is 35.5 Å². The molecule has 1 N–H and O–H groups in total. The van der Waals surface area contributed by atoms with E-state index in [0.717, 1.165) is 17.8 Å². The highest BCUT2D eigenvalue weighted by atomic mass is 16.1. The fourth-order valence-electron chi connectivity index (χ4n) is 2.53. The monoisotopic (exact) mass is 285 g/mol. The van der Waals surface area contributed by atoms with Gasteiger partial charge in [-0.15, -0.1) is 0 Å². The predicted octanol–water partition coefficient (Wildman–Crippen LogP) is 2.38. The first-order valence-electron chi connectivity index (χ1n) is 7.36. The van der Waals surface area contributed by atoms with Gasteiger partial charge in [-0.3, -0.25) is 4.57 Å². The lowest BCUT2D eigenvalue weighted by Gasteiger charge is -2.19. The molecule has 4 heteroatoms. The molecular formula is C17H23N3O. The van der Waals surface area contributed by atoms with Crippen LogP contribution >= 0.6 is 0 Å². The fourth-order valence-corrected chi connectivity index (χ4v) is 2.53. The van der Waals surface area contributed by atoms with E-state index in [2.05, 4.69) is 41.5 Å². The molecule has 0 aliphatic carbocycles. The Morgan fingerprint density at radius 2 is 1.90 bits per heavy atom. The van der Waals surface area contributed by atoms with Crippen molar-refractivity contribution >= 4 is 0 Å². The van der Waals surface area contributed by atoms with Crippen LogP contribution in [0.15, 0.2) is 35.1 Å². The highest BCUT2D eigenvalue weighted by Crippen LogP contribution is 2.16. The van der Waals surface area contributed by atoms with Crippen LogP contribution in [0.4, 0.5) is 0 Å². The maximum atomic E-state index is 12.1. The maximum Gasteiger partial charge on any atom is 0.348 e. The van der Waals surface area contributed by atoms with E-state index in [0.29, 0.717) is 6.54 Å². The summed E-state index contributed by atoms with van der Waals surface area (Å²) in [6.45, 7) is 6.52. The summed E-state index contributed by atoms with van der Waals surface area (Å²) in [7, 11) is 1.92. The second-order valence-corrected chi connectivity index (χ2v) is 5.37. The van der Waals surface area contributed by atoms with Gasteiger partial charge in [0.2, 0.25) is 0 Å². The molecule has 0 amide bonds. The van der Waals surface area contributed by atoms with Gasteiger partial charge in [-0.05, 0) is 44.5 Å². The third-order valence-corrected chi connectivity index (χ3v) is 3.85. The van der Waals surface area contributed by atoms with Gasteiger partial charge in [0, 0.05) is 17.9 Å². The minimum absolute atomic E-state index is 0.0943. The molecule has 0 aliphatic rings. The Bertz CT molecular complexity index is 659. The summed E-state index contributed by atoms with van der Waals surface area (Å²) < 4.78 is 1.72. The lowest BCUT2D eigenvalue weighted by atomic mass is 10.0. The van der Waals surface area contributed by atoms with Gasteiger partial charge in [0.25, 0.3) is 0 Å². The molecule has 0 spiro atoms. The van der Waals surface area contributed by atoms with Crippen LogP contribution in [-0.2, 0) is 13.0 Å². The first-order chi connectivity index (χ1) is 10.0. The molecule has 2 aromatic rings. The molecule has 1 atom stereocenters. The van der Waals surface area contributed by atoms with E-state index in [9.17, 15) is 4.79 Å². The second-order valence-electron chi connectivity index (χ2n) is 5.37. The number of nitrogens with one attached hydrogen (secondary N) is 1. The number of hydrogen-bond acceptors (Lipinski definition) is 3. The van der Waals surface area contributed by atoms with Crippen molar-refractivity contribution in [3.05, 3.63) is 63.3 Å². The Morgan fingerprint density at radius 3 is 2.43 bits per heavy atom. The standard InChI is InChI=1S/C17H23N3O/c1-5-14-6-8-15(9-7-14)16(18-4)11-20-13(3)10-12(2)19-17(20)21/h6-10,16,18H,5,11H2,1-4H3. The summed E-state index contributed by atoms with van der Waals surface area (Å²) in [5, 5.41) is 3.29. The highest BCUT2D eigenvalue weighted by Gasteiger charge is 2.13. The number of likely N-dealkylation sites (N-methyl/N-ethyl adjacent to an activating group) is 1. The zero-order chi connectivity index (χ0) is 15.4. The van der Waals surface area contributed by atoms with Crippen molar-refractivity contribution < 1.29 is 0 Å². The fraction of sp³-hybridized carbons (Fsp3) is 0.412. The summed E-state index contributed by atoms with van der Waals surface area (Å²) in [5.74, 6) is 0. The molecule has 1 heterocycles. The van der Waals surface area contributed by atoms with Crippen molar-refractivity contribution in [2.45, 2.75) is 39.8 Å². The van der Waals surface area contributed by atoms with Crippen LogP contribution in [0.5, 0.6) is 0 Å². The molecule has 112 valence electrons. The Hall–Kier alpha value is -1.94. The zero-order valence-electron chi connectivity index (χ0n) is 13.2. The third kappa shape index (κ3) is 3.58. The molecule has 1 aromatic heterocycles. The minimum Gasteiger partial charge on any atom is -0.312 e. The second kappa shape index (κ2) is 6.68. The molecule has 2 rings (SSSR count). The molecule has 0 saturated carbocycles. The number of aromatic nitrogens is 2. The number of aryl methyl sites for hydroxylation is 3. The van der Waals surface area contributed by atoms with Crippen molar-refractivity contribution in [1.82, 2.24) is 14.9 Å². The van der Waals surface area contributed by atoms with Crippen LogP contribution in [-0.4, -0.2) is 16.6 Å². The SMILES string of the molecule is CCc1ccc(C(Cn2c(C)cc(C)nc2=O)NC)cc1. The zero-order valence-corrected chi connectivity index (χ0v) is 13.2. The molecule has 4 nitrogen and oxygen atoms in total. The van der Waals surface area contributed by atoms with E-state index < -0.39 is 0 Å². The number of nitrogens with zero attached hydrogens (tertiary/aromatic N) is 2. The Morgan fingerprint density at radius 1 is 1.24 bits per heavy atom. The van der Waals surface area contributed by atoms with Gasteiger partial charge in [0.1, 0.15) is 0 Å². The van der Waals surface area contributed by atoms with Gasteiger partial charge in [0.05, 0.1) is 6.04 Å². The molecule has 0 aliphatic heterocycles. The van der Waals surface area contributed by atoms with Crippen molar-refractivity contribution in [3.8, 4) is 0 Å². The lowest BCUT2D eigenvalue weighted by Crippen LogP contribution is -2.31. The largest absolute Gasteiger partial charge is 0.348 e. The Kier molecular flexibility index (Phi) is 4.91. The summed E-state index contributed by atoms with van der Waals surface area (Å²) in [5.41, 5.74) is 4.03. The average molecular weight is 285 g/mol. The van der Waals surface area contributed by atoms with Gasteiger partial charge in [-0.2, -0.15) is 4.98 Å². The van der Waals surface area contributed by atoms with E-state index in [1.165, 1.54) is 11.1 Å². The molecule has 0 radical (unpaired) electrons. The summed E-state index contributed by atoms with van der Waals surface area (Å²) in [6, 6.07) is 10.6. The molecule has 21 heavy (non-hydrogen) atoms. The summed E-state index contributed by atoms with van der Waals surface area (Å²) >= 11 is 0. The van der Waals surface area contributed by atoms with Crippen LogP contribution in [0, 0.1) is 13.8 Å². The topological polar surface area (TPSA) is 46.9 Å². The summed E-state index contributed by atoms with van der Waals surface area (Å²) in [6.07, 6.45) is 1.03. The third-order valence-electron chi connectivity index (χ3n) is 3.85. The number of rotatable bonds is 5. The van der Waals surface area contributed by atoms with E-state index in [-0.39, 0.29) is 11.7 Å². The Balaban J connectivity index is 2.28. The molecule has 1 aromatic carbocycles. The van der Waals surface area contributed by atoms with Crippen molar-refractivity contribution in [2.75, 3.05) is 7.05 Å². The quantitative estimate of drug-likeness (QED) is 0.917. The van der Waals surface area contributed by atoms with Gasteiger partial charge >= 0.3 is 5.69 Å². The average Bonchev–Trinajstić information content (AvgIpc) is 2.47. The first-order valence-corrected chi connectivity index (χ1v) is 7.36. The number of hydrogen-bond donors (Lipinski definition) is 1. The maximum absolute atomic E-state index is 12.1. The molecule has 0 saturated heterocycles. The van der Waals surface area contributed by atoms with Crippen molar-refractivity contribution in [3.63, 3.8) is 0 Å². The van der Waals surface area contributed by atoms with E-state index >= 15 is 0 Å². The first kappa shape index (κ1) is 15.4. The highest BCUT2D eigenvalue weighted by molar-refractivity contribution is 5.25. The van der Waals surface area contributed by atoms with Crippen molar-refractivity contribution in [1.29, 1.82) is 0 Å². The van der Waals surface area contributed by atoms with Gasteiger partial charge in [-0.1, -0.05) is 31.2 Å². The van der Waals surface area contributed by atoms with Crippen LogP contribution in [0.3, 0.4) is 0 Å². The van der Waals surface area contributed by atoms with Crippen LogP contribution < -0.4 is 11.0 Å². The summed E-state index contributed by atoms with van der Waals surface area (Å²) in [4.78, 5) is 16.1. The van der Waals surface area contributed by atoms with Gasteiger partial charge in [-0.25, -0.2) is 4.79 Å². The molecule has 0 fully saturated rings. The van der Waals surface area contributed by atoms with Crippen LogP contribution in [0.25, 0.3) is 0 Å². The minimum atomic E-state index is -0.182. The van der Waals surface area contributed by atoms with E-state index in [4.69, 9.17) is 0 Å². The molecule has 0 bridgehead atoms. The van der Waals surface area contributed by atoms with Crippen molar-refractivity contribution in [2.24, 2.45) is 0 Å². The van der Waals surface area contributed by atoms with E-state index in [1.807, 2.05) is 27.0 Å². The van der Waals surface area contributed by atoms with Crippen LogP contribution in [0.2, 0.25) is 0 Å². The molecule has 1 unspecified atom stereocenters.